The monoisotopic (exact) mass is 303 g/mol. The van der Waals surface area contributed by atoms with Crippen molar-refractivity contribution in [1.29, 1.82) is 0 Å². The molecule has 1 aromatic rings. The Kier molecular flexibility index (Phi) is 5.19. The zero-order valence-corrected chi connectivity index (χ0v) is 13.8. The van der Waals surface area contributed by atoms with Crippen LogP contribution in [0.3, 0.4) is 0 Å². The van der Waals surface area contributed by atoms with Gasteiger partial charge in [-0.25, -0.2) is 0 Å². The molecule has 1 atom stereocenters. The molecular formula is C17H25N3O2. The molecule has 5 heteroatoms. The van der Waals surface area contributed by atoms with Crippen molar-refractivity contribution in [3.8, 4) is 0 Å². The Morgan fingerprint density at radius 1 is 1.14 bits per heavy atom. The number of anilines is 1. The maximum atomic E-state index is 12.4. The van der Waals surface area contributed by atoms with Crippen molar-refractivity contribution < 1.29 is 9.59 Å². The summed E-state index contributed by atoms with van der Waals surface area (Å²) in [7, 11) is 0. The van der Waals surface area contributed by atoms with Gasteiger partial charge in [-0.05, 0) is 32.4 Å². The minimum atomic E-state index is -0.199. The lowest BCUT2D eigenvalue weighted by molar-refractivity contribution is -0.131. The van der Waals surface area contributed by atoms with Crippen molar-refractivity contribution in [3.05, 3.63) is 29.3 Å². The number of rotatable bonds is 3. The number of aryl methyl sites for hydroxylation is 2. The molecule has 1 fully saturated rings. The molecule has 0 spiro atoms. The first-order chi connectivity index (χ1) is 10.4. The third-order valence-electron chi connectivity index (χ3n) is 4.33. The highest BCUT2D eigenvalue weighted by atomic mass is 16.2. The van der Waals surface area contributed by atoms with Crippen LogP contribution in [0.4, 0.5) is 5.69 Å². The van der Waals surface area contributed by atoms with Crippen molar-refractivity contribution in [2.45, 2.75) is 33.7 Å². The highest BCUT2D eigenvalue weighted by Gasteiger charge is 2.26. The number of hydrogen-bond donors (Lipinski definition) is 1. The van der Waals surface area contributed by atoms with Gasteiger partial charge in [0.2, 0.25) is 11.8 Å². The Morgan fingerprint density at radius 2 is 1.77 bits per heavy atom. The number of nitrogens with zero attached hydrogens (tertiary/aromatic N) is 2. The number of piperazine rings is 1. The molecule has 0 saturated carbocycles. The van der Waals surface area contributed by atoms with Crippen LogP contribution in [-0.2, 0) is 9.59 Å². The molecule has 0 radical (unpaired) electrons. The summed E-state index contributed by atoms with van der Waals surface area (Å²) in [5.74, 6) is 0.107. The quantitative estimate of drug-likeness (QED) is 0.926. The lowest BCUT2D eigenvalue weighted by Gasteiger charge is -2.37. The van der Waals surface area contributed by atoms with Crippen molar-refractivity contribution in [3.63, 3.8) is 0 Å². The van der Waals surface area contributed by atoms with E-state index in [0.29, 0.717) is 13.1 Å². The fourth-order valence-electron chi connectivity index (χ4n) is 2.78. The number of benzene rings is 1. The van der Waals surface area contributed by atoms with Crippen LogP contribution >= 0.6 is 0 Å². The van der Waals surface area contributed by atoms with Gasteiger partial charge in [-0.15, -0.1) is 0 Å². The lowest BCUT2D eigenvalue weighted by atomic mass is 10.1. The predicted octanol–water partition coefficient (Wildman–Crippen LogP) is 1.79. The second-order valence-electron chi connectivity index (χ2n) is 6.03. The first-order valence-electron chi connectivity index (χ1n) is 7.76. The molecule has 1 heterocycles. The Bertz CT molecular complexity index is 563. The number of nitrogens with one attached hydrogen (secondary N) is 1. The van der Waals surface area contributed by atoms with Crippen LogP contribution in [0.15, 0.2) is 18.2 Å². The SMILES string of the molecule is CC(=O)N1CCN(C(C)C(=O)Nc2ccc(C)cc2C)CC1. The molecule has 1 aliphatic heterocycles. The van der Waals surface area contributed by atoms with Gasteiger partial charge in [0.1, 0.15) is 0 Å². The van der Waals surface area contributed by atoms with E-state index in [9.17, 15) is 9.59 Å². The molecule has 0 aromatic heterocycles. The van der Waals surface area contributed by atoms with Crippen molar-refractivity contribution in [2.75, 3.05) is 31.5 Å². The number of carbonyl (C=O) groups is 2. The van der Waals surface area contributed by atoms with Crippen LogP contribution in [0.1, 0.15) is 25.0 Å². The molecule has 1 unspecified atom stereocenters. The molecule has 1 N–H and O–H groups in total. The smallest absolute Gasteiger partial charge is 0.241 e. The van der Waals surface area contributed by atoms with Crippen LogP contribution in [0.5, 0.6) is 0 Å². The minimum Gasteiger partial charge on any atom is -0.340 e. The molecule has 0 bridgehead atoms. The van der Waals surface area contributed by atoms with Crippen LogP contribution in [0.25, 0.3) is 0 Å². The topological polar surface area (TPSA) is 52.7 Å². The lowest BCUT2D eigenvalue weighted by Crippen LogP contribution is -2.53. The van der Waals surface area contributed by atoms with E-state index in [-0.39, 0.29) is 17.9 Å². The summed E-state index contributed by atoms with van der Waals surface area (Å²) in [5.41, 5.74) is 3.12. The summed E-state index contributed by atoms with van der Waals surface area (Å²) >= 11 is 0. The van der Waals surface area contributed by atoms with Gasteiger partial charge in [-0.3, -0.25) is 14.5 Å². The van der Waals surface area contributed by atoms with Crippen LogP contribution < -0.4 is 5.32 Å². The van der Waals surface area contributed by atoms with Gasteiger partial charge in [0.25, 0.3) is 0 Å². The fraction of sp³-hybridized carbons (Fsp3) is 0.529. The number of amides is 2. The standard InChI is InChI=1S/C17H25N3O2/c1-12-5-6-16(13(2)11-12)18-17(22)14(3)19-7-9-20(10-8-19)15(4)21/h5-6,11,14H,7-10H2,1-4H3,(H,18,22). The molecule has 120 valence electrons. The zero-order chi connectivity index (χ0) is 16.3. The second-order valence-corrected chi connectivity index (χ2v) is 6.03. The second kappa shape index (κ2) is 6.92. The minimum absolute atomic E-state index is 0.00299. The van der Waals surface area contributed by atoms with Gasteiger partial charge < -0.3 is 10.2 Å². The van der Waals surface area contributed by atoms with E-state index in [1.807, 2.05) is 37.8 Å². The third kappa shape index (κ3) is 3.85. The number of hydrogen-bond acceptors (Lipinski definition) is 3. The van der Waals surface area contributed by atoms with Gasteiger partial charge in [0.15, 0.2) is 0 Å². The molecule has 2 amide bonds. The van der Waals surface area contributed by atoms with Crippen molar-refractivity contribution in [2.24, 2.45) is 0 Å². The maximum Gasteiger partial charge on any atom is 0.241 e. The normalized spacial score (nSPS) is 17.2. The average Bonchev–Trinajstić information content (AvgIpc) is 2.49. The van der Waals surface area contributed by atoms with E-state index in [1.54, 1.807) is 6.92 Å². The van der Waals surface area contributed by atoms with Gasteiger partial charge in [0, 0.05) is 38.8 Å². The summed E-state index contributed by atoms with van der Waals surface area (Å²) in [5, 5.41) is 3.01. The predicted molar refractivity (Wildman–Crippen MR) is 87.8 cm³/mol. The van der Waals surface area contributed by atoms with Gasteiger partial charge in [-0.1, -0.05) is 17.7 Å². The molecule has 1 aliphatic rings. The maximum absolute atomic E-state index is 12.4. The zero-order valence-electron chi connectivity index (χ0n) is 13.8. The van der Waals surface area contributed by atoms with E-state index in [1.165, 1.54) is 5.56 Å². The Morgan fingerprint density at radius 3 is 2.32 bits per heavy atom. The van der Waals surface area contributed by atoms with E-state index in [0.717, 1.165) is 24.3 Å². The highest BCUT2D eigenvalue weighted by molar-refractivity contribution is 5.95. The summed E-state index contributed by atoms with van der Waals surface area (Å²) in [4.78, 5) is 27.7. The fourth-order valence-corrected chi connectivity index (χ4v) is 2.78. The summed E-state index contributed by atoms with van der Waals surface area (Å²) in [6.45, 7) is 10.4. The van der Waals surface area contributed by atoms with Gasteiger partial charge in [-0.2, -0.15) is 0 Å². The van der Waals surface area contributed by atoms with Gasteiger partial charge >= 0.3 is 0 Å². The highest BCUT2D eigenvalue weighted by Crippen LogP contribution is 2.17. The molecular weight excluding hydrogens is 278 g/mol. The Hall–Kier alpha value is -1.88. The third-order valence-corrected chi connectivity index (χ3v) is 4.33. The van der Waals surface area contributed by atoms with Crippen molar-refractivity contribution in [1.82, 2.24) is 9.80 Å². The summed E-state index contributed by atoms with van der Waals surface area (Å²) < 4.78 is 0. The van der Waals surface area contributed by atoms with Crippen molar-refractivity contribution >= 4 is 17.5 Å². The molecule has 2 rings (SSSR count). The summed E-state index contributed by atoms with van der Waals surface area (Å²) in [6, 6.07) is 5.81. The van der Waals surface area contributed by atoms with E-state index >= 15 is 0 Å². The Labute approximate surface area is 132 Å². The number of carbonyl (C=O) groups excluding carboxylic acids is 2. The van der Waals surface area contributed by atoms with Gasteiger partial charge in [0.05, 0.1) is 6.04 Å². The Balaban J connectivity index is 1.94. The van der Waals surface area contributed by atoms with E-state index in [2.05, 4.69) is 16.3 Å². The van der Waals surface area contributed by atoms with Crippen LogP contribution in [0.2, 0.25) is 0 Å². The molecule has 0 aliphatic carbocycles. The first-order valence-corrected chi connectivity index (χ1v) is 7.76. The van der Waals surface area contributed by atoms with E-state index in [4.69, 9.17) is 0 Å². The first kappa shape index (κ1) is 16.5. The molecule has 1 aromatic carbocycles. The molecule has 1 saturated heterocycles. The largest absolute Gasteiger partial charge is 0.340 e. The van der Waals surface area contributed by atoms with Crippen LogP contribution in [0, 0.1) is 13.8 Å². The van der Waals surface area contributed by atoms with E-state index < -0.39 is 0 Å². The summed E-state index contributed by atoms with van der Waals surface area (Å²) in [6.07, 6.45) is 0. The molecule has 5 nitrogen and oxygen atoms in total. The van der Waals surface area contributed by atoms with Crippen LogP contribution in [-0.4, -0.2) is 53.8 Å². The average molecular weight is 303 g/mol. The molecule has 22 heavy (non-hydrogen) atoms.